The molecule has 16 heavy (non-hydrogen) atoms. The lowest BCUT2D eigenvalue weighted by Gasteiger charge is -2.24. The molecule has 2 atom stereocenters. The maximum Gasteiger partial charge on any atom is 0.181 e. The van der Waals surface area contributed by atoms with Gasteiger partial charge in [0.1, 0.15) is 0 Å². The summed E-state index contributed by atoms with van der Waals surface area (Å²) in [6, 6.07) is 8.74. The summed E-state index contributed by atoms with van der Waals surface area (Å²) in [7, 11) is 0. The predicted octanol–water partition coefficient (Wildman–Crippen LogP) is 3.16. The molecule has 1 aromatic carbocycles. The molecular weight excluding hydrogens is 191 g/mol. The molecule has 1 aromatic rings. The minimum Gasteiger partial charge on any atom is -0.0874 e. The molecule has 1 heterocycles. The van der Waals surface area contributed by atoms with Gasteiger partial charge in [-0.1, -0.05) is 73.0 Å². The van der Waals surface area contributed by atoms with Crippen LogP contribution in [-0.4, -0.2) is 6.71 Å². The van der Waals surface area contributed by atoms with E-state index in [4.69, 9.17) is 0 Å². The SMILES string of the molecule is CB1c2ccccc2C=CC2C=CC=CC12. The van der Waals surface area contributed by atoms with E-state index in [-0.39, 0.29) is 0 Å². The minimum atomic E-state index is 0.562. The second-order valence-corrected chi connectivity index (χ2v) is 4.70. The second-order valence-electron chi connectivity index (χ2n) is 4.70. The third-order valence-corrected chi connectivity index (χ3v) is 3.78. The molecule has 0 saturated carbocycles. The van der Waals surface area contributed by atoms with Crippen molar-refractivity contribution in [3.63, 3.8) is 0 Å². The summed E-state index contributed by atoms with van der Waals surface area (Å²) in [5.41, 5.74) is 2.86. The lowest BCUT2D eigenvalue weighted by molar-refractivity contribution is 0.811. The van der Waals surface area contributed by atoms with Gasteiger partial charge in [-0.3, -0.25) is 0 Å². The molecule has 3 rings (SSSR count). The van der Waals surface area contributed by atoms with E-state index >= 15 is 0 Å². The fraction of sp³-hybridized carbons (Fsp3) is 0.200. The standard InChI is InChI=1S/C15H15B/c1-16-14-8-4-2-6-12(14)10-11-13-7-3-5-9-15(13)16/h2-12,14H,1H3. The van der Waals surface area contributed by atoms with Crippen molar-refractivity contribution in [3.8, 4) is 0 Å². The molecule has 0 aromatic heterocycles. The van der Waals surface area contributed by atoms with Crippen LogP contribution in [0.25, 0.3) is 6.08 Å². The number of benzene rings is 1. The maximum absolute atomic E-state index is 2.35. The van der Waals surface area contributed by atoms with E-state index < -0.39 is 0 Å². The molecule has 0 nitrogen and oxygen atoms in total. The highest BCUT2D eigenvalue weighted by atomic mass is 14.2. The molecule has 1 heteroatoms. The number of allylic oxidation sites excluding steroid dienone is 5. The highest BCUT2D eigenvalue weighted by molar-refractivity contribution is 6.74. The predicted molar refractivity (Wildman–Crippen MR) is 72.2 cm³/mol. The van der Waals surface area contributed by atoms with Crippen LogP contribution < -0.4 is 5.46 Å². The zero-order valence-corrected chi connectivity index (χ0v) is 9.51. The average Bonchev–Trinajstić information content (AvgIpc) is 2.49. The molecule has 0 spiro atoms. The van der Waals surface area contributed by atoms with Crippen molar-refractivity contribution in [3.05, 3.63) is 60.2 Å². The van der Waals surface area contributed by atoms with E-state index in [2.05, 4.69) is 67.5 Å². The van der Waals surface area contributed by atoms with Crippen molar-refractivity contribution in [2.45, 2.75) is 12.6 Å². The molecule has 2 unspecified atom stereocenters. The van der Waals surface area contributed by atoms with E-state index in [1.807, 2.05) is 0 Å². The van der Waals surface area contributed by atoms with E-state index in [9.17, 15) is 0 Å². The average molecular weight is 206 g/mol. The first-order valence-electron chi connectivity index (χ1n) is 5.98. The maximum atomic E-state index is 2.35. The summed E-state index contributed by atoms with van der Waals surface area (Å²) < 4.78 is 0. The van der Waals surface area contributed by atoms with Gasteiger partial charge in [-0.15, -0.1) is 0 Å². The van der Waals surface area contributed by atoms with E-state index in [1.54, 1.807) is 0 Å². The minimum absolute atomic E-state index is 0.562. The van der Waals surface area contributed by atoms with Crippen molar-refractivity contribution < 1.29 is 0 Å². The Morgan fingerprint density at radius 2 is 1.81 bits per heavy atom. The van der Waals surface area contributed by atoms with Crippen molar-refractivity contribution in [1.82, 2.24) is 0 Å². The Kier molecular flexibility index (Phi) is 2.32. The second kappa shape index (κ2) is 3.82. The fourth-order valence-corrected chi connectivity index (χ4v) is 2.83. The summed E-state index contributed by atoms with van der Waals surface area (Å²) in [6.45, 7) is 2.94. The number of hydrogen-bond donors (Lipinski definition) is 0. The van der Waals surface area contributed by atoms with Gasteiger partial charge >= 0.3 is 0 Å². The Morgan fingerprint density at radius 3 is 2.75 bits per heavy atom. The number of fused-ring (bicyclic) bond motifs is 2. The lowest BCUT2D eigenvalue weighted by atomic mass is 9.36. The van der Waals surface area contributed by atoms with Crippen LogP contribution in [0.2, 0.25) is 12.6 Å². The number of rotatable bonds is 0. The van der Waals surface area contributed by atoms with Crippen molar-refractivity contribution in [2.24, 2.45) is 5.92 Å². The molecule has 0 fully saturated rings. The topological polar surface area (TPSA) is 0 Å². The molecule has 0 bridgehead atoms. The first-order chi connectivity index (χ1) is 7.86. The van der Waals surface area contributed by atoms with Crippen LogP contribution in [0.3, 0.4) is 0 Å². The van der Waals surface area contributed by atoms with E-state index in [0.29, 0.717) is 18.4 Å². The van der Waals surface area contributed by atoms with Gasteiger partial charge in [0.05, 0.1) is 0 Å². The Balaban J connectivity index is 2.11. The van der Waals surface area contributed by atoms with Gasteiger partial charge in [-0.25, -0.2) is 0 Å². The third kappa shape index (κ3) is 1.47. The molecule has 0 N–H and O–H groups in total. The van der Waals surface area contributed by atoms with E-state index in [1.165, 1.54) is 11.0 Å². The summed E-state index contributed by atoms with van der Waals surface area (Å²) >= 11 is 0. The largest absolute Gasteiger partial charge is 0.181 e. The normalized spacial score (nSPS) is 26.2. The van der Waals surface area contributed by atoms with Gasteiger partial charge < -0.3 is 0 Å². The highest BCUT2D eigenvalue weighted by Gasteiger charge is 2.29. The summed E-state index contributed by atoms with van der Waals surface area (Å²) in [5.74, 6) is 1.18. The Hall–Kier alpha value is -1.50. The monoisotopic (exact) mass is 206 g/mol. The van der Waals surface area contributed by atoms with E-state index in [0.717, 1.165) is 0 Å². The first kappa shape index (κ1) is 9.71. The molecule has 1 aliphatic heterocycles. The van der Waals surface area contributed by atoms with Gasteiger partial charge in [0.2, 0.25) is 0 Å². The summed E-state index contributed by atoms with van der Waals surface area (Å²) in [5, 5.41) is 0. The van der Waals surface area contributed by atoms with Gasteiger partial charge in [-0.2, -0.15) is 0 Å². The Bertz CT molecular complexity index is 482. The smallest absolute Gasteiger partial charge is 0.0874 e. The van der Waals surface area contributed by atoms with Crippen LogP contribution in [0.15, 0.2) is 54.6 Å². The quantitative estimate of drug-likeness (QED) is 0.572. The fourth-order valence-electron chi connectivity index (χ4n) is 2.83. The molecular formula is C15H15B. The summed E-state index contributed by atoms with van der Waals surface area (Å²) in [4.78, 5) is 0. The lowest BCUT2D eigenvalue weighted by Crippen LogP contribution is -2.34. The zero-order chi connectivity index (χ0) is 11.0. The molecule has 1 aliphatic carbocycles. The Morgan fingerprint density at radius 1 is 1.00 bits per heavy atom. The summed E-state index contributed by atoms with van der Waals surface area (Å²) in [6.07, 6.45) is 13.6. The van der Waals surface area contributed by atoms with Crippen LogP contribution in [0.5, 0.6) is 0 Å². The van der Waals surface area contributed by atoms with Gasteiger partial charge in [0.25, 0.3) is 0 Å². The molecule has 78 valence electrons. The number of hydrogen-bond acceptors (Lipinski definition) is 0. The van der Waals surface area contributed by atoms with Gasteiger partial charge in [0, 0.05) is 0 Å². The van der Waals surface area contributed by atoms with Crippen LogP contribution in [0.4, 0.5) is 0 Å². The molecule has 0 amide bonds. The van der Waals surface area contributed by atoms with Gasteiger partial charge in [0.15, 0.2) is 6.71 Å². The van der Waals surface area contributed by atoms with Gasteiger partial charge in [-0.05, 0) is 17.3 Å². The molecule has 0 radical (unpaired) electrons. The van der Waals surface area contributed by atoms with Crippen molar-refractivity contribution in [2.75, 3.05) is 0 Å². The van der Waals surface area contributed by atoms with Crippen molar-refractivity contribution >= 4 is 18.3 Å². The van der Waals surface area contributed by atoms with Crippen molar-refractivity contribution in [1.29, 1.82) is 0 Å². The first-order valence-corrected chi connectivity index (χ1v) is 5.98. The highest BCUT2D eigenvalue weighted by Crippen LogP contribution is 2.32. The molecule has 0 saturated heterocycles. The zero-order valence-electron chi connectivity index (χ0n) is 9.51. The Labute approximate surface area is 97.5 Å². The van der Waals surface area contributed by atoms with Crippen LogP contribution in [0, 0.1) is 5.92 Å². The third-order valence-electron chi connectivity index (χ3n) is 3.78. The van der Waals surface area contributed by atoms with Crippen LogP contribution in [-0.2, 0) is 0 Å². The van der Waals surface area contributed by atoms with Crippen LogP contribution in [0.1, 0.15) is 5.56 Å². The molecule has 2 aliphatic rings. The van der Waals surface area contributed by atoms with Crippen LogP contribution >= 0.6 is 0 Å².